The molecular formula is C27H33N3O8. The van der Waals surface area contributed by atoms with E-state index in [9.17, 15) is 9.59 Å². The fraction of sp³-hybridized carbons (Fsp3) is 0.259. The standard InChI is InChI=1S/C14H13N3O2.C9H10O4.C3H6O2.CH4/c1-18-9-5-6-12(19-2)10(8-9)13-16-11-4-3-7-15-14(11)17-13;1-12-6-3-4-8(13-2)7(5-6)9(10)11;1-3(4)5-2;/h3-8H,1-2H3,(H,15,16,17);3-5H,1-2H3,(H,10,11);1-2H3;1H4. The minimum absolute atomic E-state index is 0. The molecule has 204 valence electrons. The molecule has 4 aromatic rings. The summed E-state index contributed by atoms with van der Waals surface area (Å²) in [6.07, 6.45) is 1.72. The Morgan fingerprint density at radius 2 is 1.42 bits per heavy atom. The number of aromatic carboxylic acids is 1. The summed E-state index contributed by atoms with van der Waals surface area (Å²) in [4.78, 5) is 32.2. The summed E-state index contributed by atoms with van der Waals surface area (Å²) in [6, 6.07) is 14.0. The summed E-state index contributed by atoms with van der Waals surface area (Å²) >= 11 is 0. The van der Waals surface area contributed by atoms with Crippen LogP contribution in [0.1, 0.15) is 24.7 Å². The molecule has 11 nitrogen and oxygen atoms in total. The Morgan fingerprint density at radius 3 is 1.92 bits per heavy atom. The van der Waals surface area contributed by atoms with E-state index in [-0.39, 0.29) is 19.0 Å². The molecule has 0 atom stereocenters. The lowest BCUT2D eigenvalue weighted by molar-refractivity contribution is -0.137. The molecule has 0 aliphatic heterocycles. The maximum atomic E-state index is 10.7. The van der Waals surface area contributed by atoms with Crippen molar-refractivity contribution in [3.05, 3.63) is 60.3 Å². The highest BCUT2D eigenvalue weighted by atomic mass is 16.5. The number of benzene rings is 2. The number of ether oxygens (including phenoxy) is 5. The first-order valence-corrected chi connectivity index (χ1v) is 10.8. The summed E-state index contributed by atoms with van der Waals surface area (Å²) in [7, 11) is 7.52. The molecule has 11 heteroatoms. The predicted octanol–water partition coefficient (Wildman–Crippen LogP) is 4.86. The molecule has 0 amide bonds. The van der Waals surface area contributed by atoms with E-state index in [1.807, 2.05) is 30.3 Å². The van der Waals surface area contributed by atoms with Crippen LogP contribution >= 0.6 is 0 Å². The van der Waals surface area contributed by atoms with Gasteiger partial charge in [0, 0.05) is 13.1 Å². The molecule has 0 saturated heterocycles. The third-order valence-corrected chi connectivity index (χ3v) is 4.84. The smallest absolute Gasteiger partial charge is 0.339 e. The van der Waals surface area contributed by atoms with E-state index in [1.54, 1.807) is 32.5 Å². The lowest BCUT2D eigenvalue weighted by atomic mass is 10.2. The van der Waals surface area contributed by atoms with Gasteiger partial charge in [-0.15, -0.1) is 0 Å². The Balaban J connectivity index is 0.000000332. The number of nitrogens with zero attached hydrogens (tertiary/aromatic N) is 2. The third kappa shape index (κ3) is 8.40. The van der Waals surface area contributed by atoms with Gasteiger partial charge in [0.15, 0.2) is 5.65 Å². The summed E-state index contributed by atoms with van der Waals surface area (Å²) < 4.78 is 24.5. The number of rotatable bonds is 6. The minimum Gasteiger partial charge on any atom is -0.497 e. The van der Waals surface area contributed by atoms with Gasteiger partial charge >= 0.3 is 11.9 Å². The van der Waals surface area contributed by atoms with Crippen molar-refractivity contribution in [2.45, 2.75) is 14.4 Å². The van der Waals surface area contributed by atoms with Crippen molar-refractivity contribution in [3.63, 3.8) is 0 Å². The molecule has 4 rings (SSSR count). The molecule has 0 bridgehead atoms. The number of hydrogen-bond donors (Lipinski definition) is 2. The van der Waals surface area contributed by atoms with Crippen LogP contribution in [-0.4, -0.2) is 67.5 Å². The lowest BCUT2D eigenvalue weighted by Crippen LogP contribution is -2.00. The maximum absolute atomic E-state index is 10.7. The SMILES string of the molecule is C.COC(C)=O.COc1ccc(OC)c(-c2nc3ncccc3[nH]2)c1.COc1ccc(OC)c(C(=O)O)c1. The summed E-state index contributed by atoms with van der Waals surface area (Å²) in [5.41, 5.74) is 2.52. The van der Waals surface area contributed by atoms with Crippen molar-refractivity contribution >= 4 is 23.1 Å². The predicted molar refractivity (Wildman–Crippen MR) is 143 cm³/mol. The van der Waals surface area contributed by atoms with Crippen LogP contribution in [0.5, 0.6) is 23.0 Å². The van der Waals surface area contributed by atoms with Crippen LogP contribution in [0.4, 0.5) is 0 Å². The van der Waals surface area contributed by atoms with Crippen molar-refractivity contribution in [3.8, 4) is 34.4 Å². The number of carbonyl (C=O) groups is 2. The second-order valence-corrected chi connectivity index (χ2v) is 7.09. The van der Waals surface area contributed by atoms with E-state index < -0.39 is 5.97 Å². The van der Waals surface area contributed by atoms with Crippen molar-refractivity contribution in [1.82, 2.24) is 15.0 Å². The Hall–Kier alpha value is -4.80. The first-order chi connectivity index (χ1) is 17.8. The first-order valence-electron chi connectivity index (χ1n) is 10.8. The zero-order valence-corrected chi connectivity index (χ0v) is 21.4. The molecule has 2 heterocycles. The van der Waals surface area contributed by atoms with Crippen molar-refractivity contribution in [2.75, 3.05) is 35.5 Å². The van der Waals surface area contributed by atoms with Crippen LogP contribution in [0.15, 0.2) is 54.7 Å². The zero-order chi connectivity index (χ0) is 27.4. The third-order valence-electron chi connectivity index (χ3n) is 4.84. The molecule has 0 spiro atoms. The Labute approximate surface area is 221 Å². The molecule has 2 N–H and O–H groups in total. The van der Waals surface area contributed by atoms with E-state index >= 15 is 0 Å². The number of carboxylic acids is 1. The second-order valence-electron chi connectivity index (χ2n) is 7.09. The van der Waals surface area contributed by atoms with Gasteiger partial charge in [-0.05, 0) is 48.5 Å². The monoisotopic (exact) mass is 527 g/mol. The average Bonchev–Trinajstić information content (AvgIpc) is 3.37. The quantitative estimate of drug-likeness (QED) is 0.334. The largest absolute Gasteiger partial charge is 0.497 e. The van der Waals surface area contributed by atoms with Gasteiger partial charge in [0.25, 0.3) is 0 Å². The van der Waals surface area contributed by atoms with Crippen LogP contribution in [0.2, 0.25) is 0 Å². The van der Waals surface area contributed by atoms with Crippen molar-refractivity contribution in [2.24, 2.45) is 0 Å². The number of carbonyl (C=O) groups excluding carboxylic acids is 1. The van der Waals surface area contributed by atoms with Gasteiger partial charge in [-0.2, -0.15) is 0 Å². The number of nitrogens with one attached hydrogen (secondary N) is 1. The molecule has 0 aliphatic rings. The number of methoxy groups -OCH3 is 5. The fourth-order valence-electron chi connectivity index (χ4n) is 2.95. The molecule has 0 fully saturated rings. The van der Waals surface area contributed by atoms with E-state index in [2.05, 4.69) is 19.7 Å². The summed E-state index contributed by atoms with van der Waals surface area (Å²) in [6.45, 7) is 1.36. The molecule has 38 heavy (non-hydrogen) atoms. The highest BCUT2D eigenvalue weighted by molar-refractivity contribution is 5.91. The van der Waals surface area contributed by atoms with Crippen LogP contribution in [0.25, 0.3) is 22.6 Å². The minimum atomic E-state index is -1.03. The van der Waals surface area contributed by atoms with Crippen molar-refractivity contribution in [1.29, 1.82) is 0 Å². The Morgan fingerprint density at radius 1 is 0.842 bits per heavy atom. The number of hydrogen-bond acceptors (Lipinski definition) is 9. The summed E-state index contributed by atoms with van der Waals surface area (Å²) in [5, 5.41) is 8.78. The fourth-order valence-corrected chi connectivity index (χ4v) is 2.95. The molecular weight excluding hydrogens is 494 g/mol. The van der Waals surface area contributed by atoms with Gasteiger partial charge < -0.3 is 33.8 Å². The molecule has 2 aromatic heterocycles. The van der Waals surface area contributed by atoms with Gasteiger partial charge in [0.05, 0.1) is 46.6 Å². The van der Waals surface area contributed by atoms with Crippen LogP contribution in [0, 0.1) is 0 Å². The average molecular weight is 528 g/mol. The number of H-pyrrole nitrogens is 1. The highest BCUT2D eigenvalue weighted by Crippen LogP contribution is 2.32. The number of aromatic amines is 1. The van der Waals surface area contributed by atoms with E-state index in [0.29, 0.717) is 23.0 Å². The maximum Gasteiger partial charge on any atom is 0.339 e. The number of imidazole rings is 1. The number of carboxylic acid groups (broad SMARTS) is 1. The van der Waals surface area contributed by atoms with E-state index in [4.69, 9.17) is 24.1 Å². The van der Waals surface area contributed by atoms with Gasteiger partial charge in [-0.3, -0.25) is 4.79 Å². The van der Waals surface area contributed by atoms with Crippen LogP contribution < -0.4 is 18.9 Å². The molecule has 0 radical (unpaired) electrons. The number of pyridine rings is 1. The highest BCUT2D eigenvalue weighted by Gasteiger charge is 2.13. The molecule has 0 unspecified atom stereocenters. The molecule has 0 saturated carbocycles. The van der Waals surface area contributed by atoms with Crippen LogP contribution in [-0.2, 0) is 9.53 Å². The Bertz CT molecular complexity index is 1300. The van der Waals surface area contributed by atoms with Gasteiger partial charge in [-0.25, -0.2) is 14.8 Å². The van der Waals surface area contributed by atoms with Crippen molar-refractivity contribution < 1.29 is 38.4 Å². The van der Waals surface area contributed by atoms with E-state index in [0.717, 1.165) is 22.6 Å². The number of esters is 1. The zero-order valence-electron chi connectivity index (χ0n) is 21.4. The van der Waals surface area contributed by atoms with E-state index in [1.165, 1.54) is 34.3 Å². The summed E-state index contributed by atoms with van der Waals surface area (Å²) in [5.74, 6) is 1.75. The number of fused-ring (bicyclic) bond motifs is 1. The molecule has 2 aromatic carbocycles. The van der Waals surface area contributed by atoms with Gasteiger partial charge in [-0.1, -0.05) is 7.43 Å². The van der Waals surface area contributed by atoms with Gasteiger partial charge in [0.1, 0.15) is 34.4 Å². The topological polar surface area (TPSA) is 142 Å². The van der Waals surface area contributed by atoms with Crippen LogP contribution in [0.3, 0.4) is 0 Å². The first kappa shape index (κ1) is 31.2. The molecule has 0 aliphatic carbocycles. The normalized spacial score (nSPS) is 9.42. The number of aromatic nitrogens is 3. The Kier molecular flexibility index (Phi) is 12.6. The lowest BCUT2D eigenvalue weighted by Gasteiger charge is -2.08. The van der Waals surface area contributed by atoms with Gasteiger partial charge in [0.2, 0.25) is 0 Å². The second kappa shape index (κ2) is 15.3.